The molecule has 1 aliphatic heterocycles. The first kappa shape index (κ1) is 17.6. The lowest BCUT2D eigenvalue weighted by atomic mass is 10.0. The first-order valence-corrected chi connectivity index (χ1v) is 9.37. The van der Waals surface area contributed by atoms with Crippen LogP contribution in [0.2, 0.25) is 0 Å². The maximum atomic E-state index is 12.9. The Morgan fingerprint density at radius 3 is 2.35 bits per heavy atom. The van der Waals surface area contributed by atoms with Crippen LogP contribution in [0.3, 0.4) is 0 Å². The molecule has 0 spiro atoms. The van der Waals surface area contributed by atoms with Gasteiger partial charge in [0.15, 0.2) is 0 Å². The van der Waals surface area contributed by atoms with Gasteiger partial charge in [0.25, 0.3) is 0 Å². The van der Waals surface area contributed by atoms with Gasteiger partial charge in [-0.05, 0) is 43.9 Å². The van der Waals surface area contributed by atoms with E-state index in [9.17, 15) is 13.2 Å². The number of fused-ring (bicyclic) bond motifs is 1. The quantitative estimate of drug-likeness (QED) is 0.750. The van der Waals surface area contributed by atoms with Gasteiger partial charge in [-0.2, -0.15) is 13.2 Å². The Bertz CT molecular complexity index is 763. The van der Waals surface area contributed by atoms with E-state index in [-0.39, 0.29) is 0 Å². The van der Waals surface area contributed by atoms with E-state index in [0.717, 1.165) is 49.1 Å². The molecule has 0 atom stereocenters. The Balaban J connectivity index is 1.48. The van der Waals surface area contributed by atoms with Crippen LogP contribution in [0.1, 0.15) is 44.1 Å². The summed E-state index contributed by atoms with van der Waals surface area (Å²) in [6, 6.07) is 5.72. The lowest BCUT2D eigenvalue weighted by molar-refractivity contribution is -0.137. The largest absolute Gasteiger partial charge is 0.416 e. The average Bonchev–Trinajstić information content (AvgIpc) is 3.14. The first-order chi connectivity index (χ1) is 12.5. The summed E-state index contributed by atoms with van der Waals surface area (Å²) in [5, 5.41) is 0.774. The van der Waals surface area contributed by atoms with Gasteiger partial charge >= 0.3 is 6.18 Å². The number of hydrogen-bond acceptors (Lipinski definition) is 3. The number of ether oxygens (including phenoxy) is 1. The molecule has 4 rings (SSSR count). The minimum Gasteiger partial charge on any atom is -0.375 e. The summed E-state index contributed by atoms with van der Waals surface area (Å²) in [5.41, 5.74) is 0.697. The molecule has 1 aromatic heterocycles. The second-order valence-electron chi connectivity index (χ2n) is 7.29. The zero-order chi connectivity index (χ0) is 18.1. The summed E-state index contributed by atoms with van der Waals surface area (Å²) in [6.07, 6.45) is 4.79. The molecule has 26 heavy (non-hydrogen) atoms. The molecule has 1 aliphatic carbocycles. The van der Waals surface area contributed by atoms with Crippen LogP contribution in [0, 0.1) is 0 Å². The van der Waals surface area contributed by atoms with Crippen molar-refractivity contribution < 1.29 is 17.9 Å². The highest BCUT2D eigenvalue weighted by molar-refractivity contribution is 5.92. The van der Waals surface area contributed by atoms with Gasteiger partial charge in [-0.15, -0.1) is 0 Å². The third-order valence-electron chi connectivity index (χ3n) is 5.52. The number of alkyl halides is 3. The number of rotatable bonds is 3. The van der Waals surface area contributed by atoms with Crippen LogP contribution < -0.4 is 4.90 Å². The summed E-state index contributed by atoms with van der Waals surface area (Å²) >= 11 is 0. The van der Waals surface area contributed by atoms with Crippen LogP contribution in [0.15, 0.2) is 30.5 Å². The molecule has 2 aromatic rings. The van der Waals surface area contributed by atoms with Crippen molar-refractivity contribution in [2.75, 3.05) is 18.0 Å². The van der Waals surface area contributed by atoms with E-state index in [1.807, 2.05) is 6.07 Å². The highest BCUT2D eigenvalue weighted by Crippen LogP contribution is 2.34. The van der Waals surface area contributed by atoms with Gasteiger partial charge in [-0.1, -0.05) is 18.9 Å². The predicted molar refractivity (Wildman–Crippen MR) is 95.3 cm³/mol. The van der Waals surface area contributed by atoms with E-state index in [2.05, 4.69) is 9.88 Å². The van der Waals surface area contributed by atoms with Gasteiger partial charge in [0.05, 0.1) is 23.3 Å². The third kappa shape index (κ3) is 3.65. The minimum absolute atomic E-state index is 0.305. The number of nitrogens with zero attached hydrogens (tertiary/aromatic N) is 2. The van der Waals surface area contributed by atoms with Crippen molar-refractivity contribution in [3.8, 4) is 0 Å². The Labute approximate surface area is 151 Å². The first-order valence-electron chi connectivity index (χ1n) is 9.37. The molecular weight excluding hydrogens is 341 g/mol. The monoisotopic (exact) mass is 364 g/mol. The topological polar surface area (TPSA) is 25.4 Å². The number of pyridine rings is 1. The lowest BCUT2D eigenvalue weighted by Gasteiger charge is -2.35. The van der Waals surface area contributed by atoms with Crippen molar-refractivity contribution in [3.05, 3.63) is 36.0 Å². The molecular formula is C20H23F3N2O. The average molecular weight is 364 g/mol. The van der Waals surface area contributed by atoms with Crippen LogP contribution in [-0.2, 0) is 10.9 Å². The number of benzene rings is 1. The second-order valence-corrected chi connectivity index (χ2v) is 7.29. The van der Waals surface area contributed by atoms with Crippen molar-refractivity contribution in [1.82, 2.24) is 4.98 Å². The van der Waals surface area contributed by atoms with E-state index in [1.165, 1.54) is 25.7 Å². The zero-order valence-electron chi connectivity index (χ0n) is 14.6. The highest BCUT2D eigenvalue weighted by atomic mass is 19.4. The van der Waals surface area contributed by atoms with Crippen LogP contribution >= 0.6 is 0 Å². The molecule has 6 heteroatoms. The number of aromatic nitrogens is 1. The summed E-state index contributed by atoms with van der Waals surface area (Å²) < 4.78 is 45.0. The second kappa shape index (κ2) is 7.06. The Hall–Kier alpha value is -1.82. The van der Waals surface area contributed by atoms with E-state index in [1.54, 1.807) is 12.3 Å². The van der Waals surface area contributed by atoms with Crippen LogP contribution in [0.25, 0.3) is 10.9 Å². The maximum absolute atomic E-state index is 12.9. The van der Waals surface area contributed by atoms with E-state index in [4.69, 9.17) is 4.74 Å². The number of piperidine rings is 1. The van der Waals surface area contributed by atoms with Crippen molar-refractivity contribution in [1.29, 1.82) is 0 Å². The van der Waals surface area contributed by atoms with Crippen molar-refractivity contribution >= 4 is 16.6 Å². The number of halogens is 3. The van der Waals surface area contributed by atoms with E-state index in [0.29, 0.717) is 17.7 Å². The van der Waals surface area contributed by atoms with Gasteiger partial charge in [0, 0.05) is 30.4 Å². The van der Waals surface area contributed by atoms with Crippen LogP contribution in [-0.4, -0.2) is 30.3 Å². The van der Waals surface area contributed by atoms with Crippen LogP contribution in [0.5, 0.6) is 0 Å². The Morgan fingerprint density at radius 2 is 1.65 bits per heavy atom. The van der Waals surface area contributed by atoms with Gasteiger partial charge in [-0.3, -0.25) is 4.98 Å². The van der Waals surface area contributed by atoms with Crippen molar-refractivity contribution in [2.24, 2.45) is 0 Å². The molecule has 2 aliphatic rings. The van der Waals surface area contributed by atoms with Gasteiger partial charge in [-0.25, -0.2) is 0 Å². The minimum atomic E-state index is -4.35. The van der Waals surface area contributed by atoms with Crippen molar-refractivity contribution in [3.63, 3.8) is 0 Å². The van der Waals surface area contributed by atoms with Gasteiger partial charge in [0.1, 0.15) is 0 Å². The molecule has 2 fully saturated rings. The Morgan fingerprint density at radius 1 is 0.962 bits per heavy atom. The Kier molecular flexibility index (Phi) is 4.78. The number of anilines is 1. The molecule has 0 radical (unpaired) electrons. The predicted octanol–water partition coefficient (Wildman–Crippen LogP) is 5.18. The SMILES string of the molecule is FC(F)(F)c1ccc2c(N3CCC(OC4CCCC4)CC3)ccnc2c1. The molecule has 1 saturated heterocycles. The summed E-state index contributed by atoms with van der Waals surface area (Å²) in [5.74, 6) is 0. The molecule has 0 N–H and O–H groups in total. The van der Waals surface area contributed by atoms with Gasteiger partial charge in [0.2, 0.25) is 0 Å². The molecule has 0 bridgehead atoms. The smallest absolute Gasteiger partial charge is 0.375 e. The number of hydrogen-bond donors (Lipinski definition) is 0. The lowest BCUT2D eigenvalue weighted by Crippen LogP contribution is -2.38. The molecule has 140 valence electrons. The zero-order valence-corrected chi connectivity index (χ0v) is 14.6. The molecule has 0 unspecified atom stereocenters. The van der Waals surface area contributed by atoms with Crippen molar-refractivity contribution in [2.45, 2.75) is 56.9 Å². The highest BCUT2D eigenvalue weighted by Gasteiger charge is 2.31. The molecule has 1 saturated carbocycles. The summed E-state index contributed by atoms with van der Waals surface area (Å²) in [6.45, 7) is 1.72. The molecule has 1 aromatic carbocycles. The molecule has 3 nitrogen and oxygen atoms in total. The third-order valence-corrected chi connectivity index (χ3v) is 5.52. The fourth-order valence-corrected chi connectivity index (χ4v) is 4.11. The maximum Gasteiger partial charge on any atom is 0.416 e. The van der Waals surface area contributed by atoms with Crippen LogP contribution in [0.4, 0.5) is 18.9 Å². The van der Waals surface area contributed by atoms with E-state index < -0.39 is 11.7 Å². The standard InChI is InChI=1S/C20H23F3N2O/c21-20(22,23)14-5-6-17-18(13-14)24-10-7-19(17)25-11-8-16(9-12-25)26-15-3-1-2-4-15/h5-7,10,13,15-16H,1-4,8-9,11-12H2. The summed E-state index contributed by atoms with van der Waals surface area (Å²) in [7, 11) is 0. The summed E-state index contributed by atoms with van der Waals surface area (Å²) in [4.78, 5) is 6.38. The van der Waals surface area contributed by atoms with Gasteiger partial charge < -0.3 is 9.64 Å². The van der Waals surface area contributed by atoms with E-state index >= 15 is 0 Å². The normalized spacial score (nSPS) is 20.2. The fourth-order valence-electron chi connectivity index (χ4n) is 4.11. The molecule has 0 amide bonds. The molecule has 2 heterocycles. The fraction of sp³-hybridized carbons (Fsp3) is 0.550.